The number of imidazole rings is 1. The van der Waals surface area contributed by atoms with Crippen LogP contribution in [0.1, 0.15) is 11.4 Å². The van der Waals surface area contributed by atoms with E-state index in [4.69, 9.17) is 19.0 Å². The molecule has 1 aromatic carbocycles. The number of para-hydroxylation sites is 1. The highest BCUT2D eigenvalue weighted by Gasteiger charge is 2.22. The molecule has 0 amide bonds. The Balaban J connectivity index is 0.000000567. The van der Waals surface area contributed by atoms with Gasteiger partial charge >= 0.3 is 0 Å². The zero-order chi connectivity index (χ0) is 27.4. The third kappa shape index (κ3) is 6.48. The number of hydrogen-bond acceptors (Lipinski definition) is 9. The van der Waals surface area contributed by atoms with Crippen LogP contribution in [0.5, 0.6) is 5.88 Å². The summed E-state index contributed by atoms with van der Waals surface area (Å²) >= 11 is 0. The molecule has 0 atom stereocenters. The zero-order valence-electron chi connectivity index (χ0n) is 21.6. The van der Waals surface area contributed by atoms with Crippen LogP contribution in [0, 0.1) is 6.92 Å². The lowest BCUT2D eigenvalue weighted by Gasteiger charge is -2.28. The lowest BCUT2D eigenvalue weighted by atomic mass is 10.1. The van der Waals surface area contributed by atoms with E-state index in [2.05, 4.69) is 20.0 Å². The monoisotopic (exact) mass is 548 g/mol. The molecule has 5 aromatic rings. The molecular weight excluding hydrogens is 520 g/mol. The van der Waals surface area contributed by atoms with Crippen LogP contribution in [0.3, 0.4) is 0 Å². The van der Waals surface area contributed by atoms with E-state index in [0.717, 1.165) is 58.0 Å². The van der Waals surface area contributed by atoms with Crippen LogP contribution in [0.4, 0.5) is 5.69 Å². The van der Waals surface area contributed by atoms with Crippen molar-refractivity contribution in [3.63, 3.8) is 0 Å². The van der Waals surface area contributed by atoms with Crippen molar-refractivity contribution in [1.29, 1.82) is 0 Å². The van der Waals surface area contributed by atoms with E-state index in [1.54, 1.807) is 0 Å². The number of morpholine rings is 1. The van der Waals surface area contributed by atoms with E-state index >= 15 is 0 Å². The lowest BCUT2D eigenvalue weighted by Crippen LogP contribution is -2.36. The van der Waals surface area contributed by atoms with E-state index in [0.29, 0.717) is 25.3 Å². The fraction of sp³-hybridized carbons (Fsp3) is 0.259. The molecule has 202 valence electrons. The second-order valence-corrected chi connectivity index (χ2v) is 10.5. The van der Waals surface area contributed by atoms with Crippen molar-refractivity contribution in [2.75, 3.05) is 37.5 Å². The van der Waals surface area contributed by atoms with Gasteiger partial charge < -0.3 is 14.4 Å². The number of anilines is 1. The number of benzene rings is 1. The van der Waals surface area contributed by atoms with Gasteiger partial charge in [0.15, 0.2) is 5.65 Å². The molecule has 0 bridgehead atoms. The molecule has 39 heavy (non-hydrogen) atoms. The maximum Gasteiger partial charge on any atom is 0.261 e. The molecule has 1 aliphatic rings. The molecule has 0 unspecified atom stereocenters. The molecule has 1 N–H and O–H groups in total. The van der Waals surface area contributed by atoms with Gasteiger partial charge in [-0.25, -0.2) is 14.5 Å². The summed E-state index contributed by atoms with van der Waals surface area (Å²) in [5.41, 5.74) is 6.29. The number of pyridine rings is 2. The van der Waals surface area contributed by atoms with Crippen LogP contribution in [0.15, 0.2) is 67.0 Å². The van der Waals surface area contributed by atoms with Crippen LogP contribution in [0.2, 0.25) is 0 Å². The van der Waals surface area contributed by atoms with Gasteiger partial charge in [-0.05, 0) is 37.3 Å². The lowest BCUT2D eigenvalue weighted by molar-refractivity contribution is 0.123. The molecule has 1 saturated heterocycles. The Morgan fingerprint density at radius 3 is 2.54 bits per heavy atom. The Morgan fingerprint density at radius 1 is 1.03 bits per heavy atom. The Morgan fingerprint density at radius 2 is 1.79 bits per heavy atom. The maximum absolute atomic E-state index is 9.19. The Hall–Kier alpha value is -4.13. The highest BCUT2D eigenvalue weighted by atomic mass is 32.2. The van der Waals surface area contributed by atoms with Gasteiger partial charge in [-0.15, -0.1) is 0 Å². The summed E-state index contributed by atoms with van der Waals surface area (Å²) in [5, 5.41) is 5.73. The van der Waals surface area contributed by atoms with Crippen LogP contribution >= 0.6 is 0 Å². The number of rotatable bonds is 5. The predicted molar refractivity (Wildman–Crippen MR) is 148 cm³/mol. The van der Waals surface area contributed by atoms with Crippen molar-refractivity contribution >= 4 is 32.4 Å². The van der Waals surface area contributed by atoms with E-state index in [-0.39, 0.29) is 6.61 Å². The average Bonchev–Trinajstić information content (AvgIpc) is 3.30. The van der Waals surface area contributed by atoms with Gasteiger partial charge in [0.1, 0.15) is 18.0 Å². The van der Waals surface area contributed by atoms with Crippen LogP contribution in [-0.4, -0.2) is 70.1 Å². The van der Waals surface area contributed by atoms with Crippen molar-refractivity contribution in [3.05, 3.63) is 78.4 Å². The van der Waals surface area contributed by atoms with Gasteiger partial charge in [-0.2, -0.15) is 13.5 Å². The third-order valence-corrected chi connectivity index (χ3v) is 6.04. The average molecular weight is 549 g/mol. The number of aryl methyl sites for hydroxylation is 1. The Kier molecular flexibility index (Phi) is 7.68. The largest absolute Gasteiger partial charge is 0.471 e. The minimum absolute atomic E-state index is 0.264. The first-order chi connectivity index (χ1) is 18.8. The molecule has 0 spiro atoms. The van der Waals surface area contributed by atoms with Crippen molar-refractivity contribution in [2.24, 2.45) is 0 Å². The van der Waals surface area contributed by atoms with Crippen molar-refractivity contribution in [3.8, 4) is 17.1 Å². The summed E-state index contributed by atoms with van der Waals surface area (Å²) in [6.45, 7) is 5.28. The summed E-state index contributed by atoms with van der Waals surface area (Å²) in [6.07, 6.45) is 4.40. The summed E-state index contributed by atoms with van der Waals surface area (Å²) in [5.74, 6) is 0.560. The fourth-order valence-electron chi connectivity index (χ4n) is 4.30. The first-order valence-electron chi connectivity index (χ1n) is 12.3. The smallest absolute Gasteiger partial charge is 0.261 e. The van der Waals surface area contributed by atoms with Gasteiger partial charge in [-0.1, -0.05) is 18.2 Å². The van der Waals surface area contributed by atoms with Gasteiger partial charge in [0, 0.05) is 42.0 Å². The predicted octanol–water partition coefficient (Wildman–Crippen LogP) is 3.57. The topological polar surface area (TPSA) is 132 Å². The van der Waals surface area contributed by atoms with Crippen LogP contribution in [-0.2, 0) is 21.5 Å². The standard InChI is InChI=1S/C26H24N6O2.CH4O3S/c1-18-6-7-20(16-27-18)25-22(17-34-24-9-8-19-4-2-3-5-21(19)29-24)30-26-23(10-11-28-32(25)26)31-12-14-33-15-13-31;1-5(2,3)4/h2-11,16H,12-15,17H2,1H3;1H3,(H,2,3,4). The number of fused-ring (bicyclic) bond motifs is 2. The molecule has 4 aromatic heterocycles. The number of hydrogen-bond donors (Lipinski definition) is 1. The number of ether oxygens (including phenoxy) is 2. The molecule has 0 saturated carbocycles. The van der Waals surface area contributed by atoms with Gasteiger partial charge in [0.2, 0.25) is 5.88 Å². The van der Waals surface area contributed by atoms with E-state index in [9.17, 15) is 8.42 Å². The number of nitrogens with zero attached hydrogens (tertiary/aromatic N) is 6. The summed E-state index contributed by atoms with van der Waals surface area (Å²) in [7, 11) is -3.67. The highest BCUT2D eigenvalue weighted by molar-refractivity contribution is 7.85. The van der Waals surface area contributed by atoms with Crippen molar-refractivity contribution < 1.29 is 22.4 Å². The molecule has 0 radical (unpaired) electrons. The van der Waals surface area contributed by atoms with Crippen molar-refractivity contribution in [1.82, 2.24) is 24.6 Å². The summed E-state index contributed by atoms with van der Waals surface area (Å²) in [4.78, 5) is 16.4. The minimum Gasteiger partial charge on any atom is -0.471 e. The molecular formula is C27H28N6O5S. The molecule has 11 nitrogen and oxygen atoms in total. The normalized spacial score (nSPS) is 13.8. The summed E-state index contributed by atoms with van der Waals surface area (Å²) in [6, 6.07) is 18.0. The molecule has 1 aliphatic heterocycles. The minimum atomic E-state index is -3.67. The molecule has 1 fully saturated rings. The number of aromatic nitrogens is 5. The van der Waals surface area contributed by atoms with Gasteiger partial charge in [0.05, 0.1) is 36.9 Å². The Bertz CT molecular complexity index is 1690. The fourth-order valence-corrected chi connectivity index (χ4v) is 4.30. The maximum atomic E-state index is 9.19. The van der Waals surface area contributed by atoms with Crippen LogP contribution < -0.4 is 9.64 Å². The third-order valence-electron chi connectivity index (χ3n) is 6.04. The van der Waals surface area contributed by atoms with Crippen LogP contribution in [0.25, 0.3) is 27.8 Å². The van der Waals surface area contributed by atoms with E-state index in [1.165, 1.54) is 0 Å². The molecule has 0 aliphatic carbocycles. The first-order valence-corrected chi connectivity index (χ1v) is 14.1. The Labute approximate surface area is 225 Å². The SMILES string of the molecule is CS(=O)(=O)O.Cc1ccc(-c2c(COc3ccc4ccccc4n3)nc3c(N4CCOCC4)ccnn23)cn1. The first kappa shape index (κ1) is 26.5. The van der Waals surface area contributed by atoms with E-state index in [1.807, 2.05) is 78.4 Å². The molecule has 6 rings (SSSR count). The van der Waals surface area contributed by atoms with E-state index < -0.39 is 10.1 Å². The molecule has 5 heterocycles. The summed E-state index contributed by atoms with van der Waals surface area (Å²) < 4.78 is 39.4. The van der Waals surface area contributed by atoms with Crippen molar-refractivity contribution in [2.45, 2.75) is 13.5 Å². The molecule has 12 heteroatoms. The second kappa shape index (κ2) is 11.3. The van der Waals surface area contributed by atoms with Gasteiger partial charge in [0.25, 0.3) is 10.1 Å². The highest BCUT2D eigenvalue weighted by Crippen LogP contribution is 2.30. The van der Waals surface area contributed by atoms with Gasteiger partial charge in [-0.3, -0.25) is 9.54 Å². The second-order valence-electron chi connectivity index (χ2n) is 9.01. The quantitative estimate of drug-likeness (QED) is 0.325. The zero-order valence-corrected chi connectivity index (χ0v) is 22.4.